The Morgan fingerprint density at radius 2 is 1.64 bits per heavy atom. The van der Waals surface area contributed by atoms with E-state index in [2.05, 4.69) is 20.3 Å². The number of carbonyl (C=O) groups excluding carboxylic acids is 3. The van der Waals surface area contributed by atoms with Crippen LogP contribution in [-0.4, -0.2) is 83.8 Å². The number of anilines is 2. The first kappa shape index (κ1) is 38.8. The Morgan fingerprint density at radius 3 is 2.32 bits per heavy atom. The van der Waals surface area contributed by atoms with E-state index in [9.17, 15) is 32.3 Å². The van der Waals surface area contributed by atoms with Crippen molar-refractivity contribution in [3.63, 3.8) is 0 Å². The Bertz CT molecular complexity index is 2190. The van der Waals surface area contributed by atoms with Gasteiger partial charge in [0.05, 0.1) is 5.69 Å². The summed E-state index contributed by atoms with van der Waals surface area (Å²) in [6.45, 7) is 2.38. The maximum absolute atomic E-state index is 15.2. The highest BCUT2D eigenvalue weighted by atomic mass is 19.4. The van der Waals surface area contributed by atoms with Gasteiger partial charge in [-0.05, 0) is 73.4 Å². The highest BCUT2D eigenvalue weighted by Crippen LogP contribution is 2.36. The van der Waals surface area contributed by atoms with Crippen molar-refractivity contribution in [2.45, 2.75) is 63.5 Å². The SMILES string of the molecule is CN(C(=O)C1CCN(c2ccc(NC3CCC(=O)NC3=O)cc2F)CC1)C1CCN(Cc2ccc(-c3cn(C)c(=O)c4ccccc34)cc2OC(F)(F)F)CC1. The monoisotopic (exact) mass is 776 g/mol. The molecule has 1 atom stereocenters. The topological polar surface area (TPSA) is 116 Å². The lowest BCUT2D eigenvalue weighted by atomic mass is 9.93. The first-order valence-electron chi connectivity index (χ1n) is 18.8. The molecular formula is C41H44F4N6O5. The maximum Gasteiger partial charge on any atom is 0.573 e. The van der Waals surface area contributed by atoms with Gasteiger partial charge in [-0.25, -0.2) is 4.39 Å². The van der Waals surface area contributed by atoms with Crippen molar-refractivity contribution in [3.8, 4) is 16.9 Å². The van der Waals surface area contributed by atoms with Gasteiger partial charge >= 0.3 is 6.36 Å². The number of amides is 3. The van der Waals surface area contributed by atoms with Gasteiger partial charge in [-0.1, -0.05) is 30.3 Å². The van der Waals surface area contributed by atoms with Crippen LogP contribution in [0.25, 0.3) is 21.9 Å². The van der Waals surface area contributed by atoms with Crippen LogP contribution in [0.4, 0.5) is 28.9 Å². The molecule has 0 aliphatic carbocycles. The number of hydrogen-bond acceptors (Lipinski definition) is 8. The van der Waals surface area contributed by atoms with Gasteiger partial charge < -0.3 is 24.4 Å². The zero-order chi connectivity index (χ0) is 39.7. The van der Waals surface area contributed by atoms with Crippen LogP contribution >= 0.6 is 0 Å². The predicted octanol–water partition coefficient (Wildman–Crippen LogP) is 5.80. The van der Waals surface area contributed by atoms with Gasteiger partial charge in [0, 0.05) is 93.6 Å². The zero-order valence-corrected chi connectivity index (χ0v) is 31.2. The van der Waals surface area contributed by atoms with E-state index in [0.717, 1.165) is 0 Å². The molecule has 0 saturated carbocycles. The van der Waals surface area contributed by atoms with Gasteiger partial charge in [-0.2, -0.15) is 0 Å². The molecule has 56 heavy (non-hydrogen) atoms. The Hall–Kier alpha value is -5.44. The lowest BCUT2D eigenvalue weighted by Crippen LogP contribution is -2.49. The molecule has 7 rings (SSSR count). The molecule has 3 aromatic carbocycles. The molecule has 0 radical (unpaired) electrons. The highest BCUT2D eigenvalue weighted by Gasteiger charge is 2.35. The normalized spacial score (nSPS) is 18.9. The Kier molecular flexibility index (Phi) is 11.1. The van der Waals surface area contributed by atoms with Gasteiger partial charge in [0.25, 0.3) is 5.56 Å². The first-order chi connectivity index (χ1) is 26.7. The van der Waals surface area contributed by atoms with Crippen LogP contribution in [0.1, 0.15) is 44.1 Å². The number of halogens is 4. The van der Waals surface area contributed by atoms with Crippen LogP contribution in [-0.2, 0) is 28.0 Å². The number of hydrogen-bond donors (Lipinski definition) is 2. The second-order valence-corrected chi connectivity index (χ2v) is 14.9. The molecule has 3 amide bonds. The molecule has 3 fully saturated rings. The summed E-state index contributed by atoms with van der Waals surface area (Å²) in [6, 6.07) is 15.8. The molecule has 15 heteroatoms. The van der Waals surface area contributed by atoms with Gasteiger partial charge in [-0.15, -0.1) is 13.2 Å². The number of nitrogens with one attached hydrogen (secondary N) is 2. The number of piperidine rings is 3. The summed E-state index contributed by atoms with van der Waals surface area (Å²) < 4.78 is 62.1. The summed E-state index contributed by atoms with van der Waals surface area (Å²) in [4.78, 5) is 55.6. The molecule has 0 bridgehead atoms. The number of fused-ring (bicyclic) bond motifs is 1. The highest BCUT2D eigenvalue weighted by molar-refractivity contribution is 6.01. The second kappa shape index (κ2) is 16.0. The van der Waals surface area contributed by atoms with E-state index >= 15 is 4.39 Å². The summed E-state index contributed by atoms with van der Waals surface area (Å²) in [7, 11) is 3.41. The van der Waals surface area contributed by atoms with E-state index < -0.39 is 24.1 Å². The van der Waals surface area contributed by atoms with Crippen LogP contribution in [0, 0.1) is 11.7 Å². The van der Waals surface area contributed by atoms with Gasteiger partial charge in [0.1, 0.15) is 17.6 Å². The predicted molar refractivity (Wildman–Crippen MR) is 204 cm³/mol. The average molecular weight is 777 g/mol. The number of carbonyl (C=O) groups is 3. The number of ether oxygens (including phenoxy) is 1. The molecule has 4 aromatic rings. The Labute approximate surface area is 321 Å². The van der Waals surface area contributed by atoms with Crippen LogP contribution in [0.5, 0.6) is 5.75 Å². The fourth-order valence-electron chi connectivity index (χ4n) is 8.15. The third-order valence-corrected chi connectivity index (χ3v) is 11.3. The van der Waals surface area contributed by atoms with E-state index in [-0.39, 0.29) is 48.0 Å². The van der Waals surface area contributed by atoms with Crippen LogP contribution in [0.2, 0.25) is 0 Å². The minimum Gasteiger partial charge on any atom is -0.405 e. The molecule has 3 aliphatic rings. The second-order valence-electron chi connectivity index (χ2n) is 14.9. The van der Waals surface area contributed by atoms with E-state index in [1.165, 1.54) is 16.7 Å². The number of pyridine rings is 1. The molecule has 4 heterocycles. The van der Waals surface area contributed by atoms with Crippen molar-refractivity contribution in [2.75, 3.05) is 43.4 Å². The minimum absolute atomic E-state index is 0.0232. The standard InChI is InChI=1S/C41H44F4N6O5/c1-48-24-32(30-5-3-4-6-31(30)40(48)55)26-7-8-27(36(21-26)56-41(43,44)45)23-50-17-15-29(16-18-50)49(2)39(54)25-13-19-51(20-14-25)35-11-9-28(22-33(35)42)46-34-10-12-37(52)47-38(34)53/h3-9,11,21-22,24-25,29,34,46H,10,12-20,23H2,1-2H3,(H,47,52,53). The zero-order valence-electron chi connectivity index (χ0n) is 31.2. The first-order valence-corrected chi connectivity index (χ1v) is 18.8. The number of alkyl halides is 3. The third-order valence-electron chi connectivity index (χ3n) is 11.3. The smallest absolute Gasteiger partial charge is 0.405 e. The maximum atomic E-state index is 15.2. The Balaban J connectivity index is 0.937. The molecule has 3 saturated heterocycles. The van der Waals surface area contributed by atoms with Crippen LogP contribution in [0.3, 0.4) is 0 Å². The van der Waals surface area contributed by atoms with E-state index in [0.29, 0.717) is 97.1 Å². The van der Waals surface area contributed by atoms with Crippen molar-refractivity contribution in [1.29, 1.82) is 0 Å². The lowest BCUT2D eigenvalue weighted by Gasteiger charge is -2.40. The largest absolute Gasteiger partial charge is 0.573 e. The average Bonchev–Trinajstić information content (AvgIpc) is 3.17. The third kappa shape index (κ3) is 8.52. The molecule has 2 N–H and O–H groups in total. The van der Waals surface area contributed by atoms with Crippen LogP contribution < -0.4 is 25.8 Å². The molecule has 11 nitrogen and oxygen atoms in total. The van der Waals surface area contributed by atoms with Crippen molar-refractivity contribution in [1.82, 2.24) is 19.7 Å². The molecule has 0 spiro atoms. The van der Waals surface area contributed by atoms with E-state index in [1.54, 1.807) is 73.7 Å². The van der Waals surface area contributed by atoms with Crippen molar-refractivity contribution in [3.05, 3.63) is 88.6 Å². The lowest BCUT2D eigenvalue weighted by molar-refractivity contribution is -0.275. The van der Waals surface area contributed by atoms with Gasteiger partial charge in [0.2, 0.25) is 17.7 Å². The van der Waals surface area contributed by atoms with Crippen molar-refractivity contribution >= 4 is 39.9 Å². The van der Waals surface area contributed by atoms with Crippen LogP contribution in [0.15, 0.2) is 71.7 Å². The molecular weight excluding hydrogens is 732 g/mol. The number of imide groups is 1. The summed E-state index contributed by atoms with van der Waals surface area (Å²) in [5.74, 6) is -1.67. The van der Waals surface area contributed by atoms with Gasteiger partial charge in [0.15, 0.2) is 0 Å². The fourth-order valence-corrected chi connectivity index (χ4v) is 8.15. The molecule has 3 aliphatic heterocycles. The minimum atomic E-state index is -4.90. The number of likely N-dealkylation sites (tertiary alicyclic amines) is 1. The summed E-state index contributed by atoms with van der Waals surface area (Å²) in [5, 5.41) is 6.38. The number of benzene rings is 3. The number of rotatable bonds is 9. The molecule has 1 unspecified atom stereocenters. The Morgan fingerprint density at radius 1 is 0.929 bits per heavy atom. The quantitative estimate of drug-likeness (QED) is 0.162. The molecule has 296 valence electrons. The summed E-state index contributed by atoms with van der Waals surface area (Å²) >= 11 is 0. The fraction of sp³-hybridized carbons (Fsp3) is 0.415. The van der Waals surface area contributed by atoms with Crippen molar-refractivity contribution in [2.24, 2.45) is 13.0 Å². The summed E-state index contributed by atoms with van der Waals surface area (Å²) in [5.41, 5.74) is 2.15. The summed E-state index contributed by atoms with van der Waals surface area (Å²) in [6.07, 6.45) is -0.303. The van der Waals surface area contributed by atoms with Gasteiger partial charge in [-0.3, -0.25) is 29.4 Å². The van der Waals surface area contributed by atoms with E-state index in [1.807, 2.05) is 4.90 Å². The van der Waals surface area contributed by atoms with E-state index in [4.69, 9.17) is 0 Å². The molecule has 1 aromatic heterocycles. The number of aromatic nitrogens is 1. The number of aryl methyl sites for hydroxylation is 1. The number of nitrogens with zero attached hydrogens (tertiary/aromatic N) is 4. The van der Waals surface area contributed by atoms with Crippen molar-refractivity contribution < 1.29 is 36.7 Å².